The molecule has 1 aliphatic heterocycles. The molecule has 6 heteroatoms. The van der Waals surface area contributed by atoms with Gasteiger partial charge in [-0.15, -0.1) is 0 Å². The van der Waals surface area contributed by atoms with E-state index in [2.05, 4.69) is 25.2 Å². The van der Waals surface area contributed by atoms with Gasteiger partial charge < -0.3 is 9.73 Å². The summed E-state index contributed by atoms with van der Waals surface area (Å²) in [4.78, 5) is 25.8. The minimum atomic E-state index is -0.545. The lowest BCUT2D eigenvalue weighted by Gasteiger charge is -2.38. The van der Waals surface area contributed by atoms with Gasteiger partial charge in [-0.25, -0.2) is 0 Å². The van der Waals surface area contributed by atoms with E-state index in [1.807, 2.05) is 31.2 Å². The first-order valence-corrected chi connectivity index (χ1v) is 11.2. The predicted molar refractivity (Wildman–Crippen MR) is 120 cm³/mol. The van der Waals surface area contributed by atoms with Crippen molar-refractivity contribution in [2.24, 2.45) is 5.41 Å². The van der Waals surface area contributed by atoms with Gasteiger partial charge in [0.1, 0.15) is 5.76 Å². The van der Waals surface area contributed by atoms with Crippen molar-refractivity contribution in [3.63, 3.8) is 0 Å². The second-order valence-corrected chi connectivity index (χ2v) is 9.82. The van der Waals surface area contributed by atoms with Crippen LogP contribution in [-0.2, 0) is 4.79 Å². The number of aryl methyl sites for hydroxylation is 1. The molecule has 0 spiro atoms. The third-order valence-corrected chi connectivity index (χ3v) is 6.69. The van der Waals surface area contributed by atoms with Crippen LogP contribution in [0.4, 0.5) is 0 Å². The highest BCUT2D eigenvalue weighted by Gasteiger charge is 2.42. The van der Waals surface area contributed by atoms with Crippen molar-refractivity contribution in [3.05, 3.63) is 81.4 Å². The summed E-state index contributed by atoms with van der Waals surface area (Å²) in [5, 5.41) is 14.0. The van der Waals surface area contributed by atoms with Crippen molar-refractivity contribution in [1.29, 1.82) is 5.26 Å². The first-order valence-electron chi connectivity index (χ1n) is 10.2. The van der Waals surface area contributed by atoms with Crippen molar-refractivity contribution < 1.29 is 14.0 Å². The van der Waals surface area contributed by atoms with Gasteiger partial charge in [-0.2, -0.15) is 5.26 Å². The van der Waals surface area contributed by atoms with Gasteiger partial charge in [0, 0.05) is 23.3 Å². The van der Waals surface area contributed by atoms with Gasteiger partial charge in [-0.05, 0) is 30.9 Å². The standard InChI is InChI=1S/C25H24N2O3S/c1-15-6-8-16(9-7-15)20(29)14-31-24-17(13-26)22(21-5-4-10-30-21)23-18(27-24)11-25(2,3)12-19(23)28/h4-10,22,27H,11-12,14H2,1-3H3/t22-/m1/s1. The Morgan fingerprint density at radius 1 is 1.26 bits per heavy atom. The molecule has 0 amide bonds. The molecule has 2 heterocycles. The molecule has 1 atom stereocenters. The van der Waals surface area contributed by atoms with E-state index in [1.54, 1.807) is 18.4 Å². The molecule has 0 bridgehead atoms. The number of rotatable bonds is 5. The van der Waals surface area contributed by atoms with Crippen LogP contribution < -0.4 is 5.32 Å². The number of hydrogen-bond donors (Lipinski definition) is 1. The molecular weight excluding hydrogens is 408 g/mol. The number of benzene rings is 1. The highest BCUT2D eigenvalue weighted by molar-refractivity contribution is 8.03. The van der Waals surface area contributed by atoms with Crippen LogP contribution in [0.5, 0.6) is 0 Å². The monoisotopic (exact) mass is 432 g/mol. The number of nitriles is 1. The molecule has 31 heavy (non-hydrogen) atoms. The Morgan fingerprint density at radius 3 is 2.65 bits per heavy atom. The molecule has 5 nitrogen and oxygen atoms in total. The minimum Gasteiger partial charge on any atom is -0.468 e. The lowest BCUT2D eigenvalue weighted by Crippen LogP contribution is -2.37. The molecule has 1 N–H and O–H groups in total. The summed E-state index contributed by atoms with van der Waals surface area (Å²) in [5.74, 6) is 0.249. The van der Waals surface area contributed by atoms with Crippen LogP contribution in [0, 0.1) is 23.7 Å². The zero-order valence-electron chi connectivity index (χ0n) is 17.8. The largest absolute Gasteiger partial charge is 0.468 e. The smallest absolute Gasteiger partial charge is 0.173 e. The predicted octanol–water partition coefficient (Wildman–Crippen LogP) is 5.27. The lowest BCUT2D eigenvalue weighted by molar-refractivity contribution is -0.118. The molecule has 1 aromatic heterocycles. The fourth-order valence-electron chi connectivity index (χ4n) is 4.19. The molecule has 1 aromatic carbocycles. The number of thioether (sulfide) groups is 1. The van der Waals surface area contributed by atoms with Crippen LogP contribution >= 0.6 is 11.8 Å². The maximum absolute atomic E-state index is 13.1. The molecule has 0 saturated carbocycles. The van der Waals surface area contributed by atoms with Gasteiger partial charge >= 0.3 is 0 Å². The number of carbonyl (C=O) groups excluding carboxylic acids is 2. The van der Waals surface area contributed by atoms with Crippen molar-refractivity contribution in [1.82, 2.24) is 5.32 Å². The molecule has 0 radical (unpaired) electrons. The maximum Gasteiger partial charge on any atom is 0.173 e. The van der Waals surface area contributed by atoms with E-state index in [-0.39, 0.29) is 22.7 Å². The first-order chi connectivity index (χ1) is 14.8. The van der Waals surface area contributed by atoms with Gasteiger partial charge in [-0.1, -0.05) is 55.4 Å². The average molecular weight is 433 g/mol. The molecule has 2 aliphatic rings. The summed E-state index contributed by atoms with van der Waals surface area (Å²) in [7, 11) is 0. The Balaban J connectivity index is 1.67. The minimum absolute atomic E-state index is 0.00837. The Hall–Kier alpha value is -3.04. The number of ketones is 2. The molecule has 4 rings (SSSR count). The van der Waals surface area contributed by atoms with Crippen LogP contribution in [0.15, 0.2) is 69.0 Å². The molecular formula is C25H24N2O3S. The lowest BCUT2D eigenvalue weighted by atomic mass is 9.70. The van der Waals surface area contributed by atoms with E-state index in [1.165, 1.54) is 11.8 Å². The summed E-state index contributed by atoms with van der Waals surface area (Å²) in [6, 6.07) is 13.3. The summed E-state index contributed by atoms with van der Waals surface area (Å²) >= 11 is 1.30. The van der Waals surface area contributed by atoms with E-state index >= 15 is 0 Å². The number of nitrogens with zero attached hydrogens (tertiary/aromatic N) is 1. The zero-order valence-corrected chi connectivity index (χ0v) is 18.6. The second kappa shape index (κ2) is 8.24. The van der Waals surface area contributed by atoms with E-state index in [9.17, 15) is 14.9 Å². The molecule has 2 aromatic rings. The van der Waals surface area contributed by atoms with E-state index in [0.717, 1.165) is 11.3 Å². The van der Waals surface area contributed by atoms with E-state index in [4.69, 9.17) is 4.42 Å². The second-order valence-electron chi connectivity index (χ2n) is 8.84. The molecule has 0 saturated heterocycles. The Kier molecular flexibility index (Phi) is 5.63. The van der Waals surface area contributed by atoms with E-state index < -0.39 is 5.92 Å². The summed E-state index contributed by atoms with van der Waals surface area (Å²) in [6.07, 6.45) is 2.68. The zero-order chi connectivity index (χ0) is 22.2. The van der Waals surface area contributed by atoms with Gasteiger partial charge in [0.2, 0.25) is 0 Å². The Labute approximate surface area is 186 Å². The van der Waals surface area contributed by atoms with Crippen molar-refractivity contribution in [3.8, 4) is 6.07 Å². The topological polar surface area (TPSA) is 83.1 Å². The fraction of sp³-hybridized carbons (Fsp3) is 0.320. The first kappa shape index (κ1) is 21.2. The van der Waals surface area contributed by atoms with Crippen LogP contribution in [0.25, 0.3) is 0 Å². The number of furan rings is 1. The Morgan fingerprint density at radius 2 is 2.00 bits per heavy atom. The number of dihydropyridines is 1. The SMILES string of the molecule is Cc1ccc(C(=O)CSC2=C(C#N)[C@H](c3ccco3)C3=C(CC(C)(C)CC3=O)N2)cc1. The third kappa shape index (κ3) is 4.24. The fourth-order valence-corrected chi connectivity index (χ4v) is 5.15. The number of nitrogens with one attached hydrogen (secondary N) is 1. The quantitative estimate of drug-likeness (QED) is 0.648. The molecule has 0 unspecified atom stereocenters. The van der Waals surface area contributed by atoms with E-state index in [0.29, 0.717) is 40.3 Å². The van der Waals surface area contributed by atoms with Crippen molar-refractivity contribution in [2.75, 3.05) is 5.75 Å². The molecule has 158 valence electrons. The third-order valence-electron chi connectivity index (χ3n) is 5.68. The van der Waals surface area contributed by atoms with Gasteiger partial charge in [0.25, 0.3) is 0 Å². The average Bonchev–Trinajstić information content (AvgIpc) is 3.25. The number of hydrogen-bond acceptors (Lipinski definition) is 6. The number of Topliss-reactive ketones (excluding diaryl/α,β-unsaturated/α-hetero) is 2. The normalized spacial score (nSPS) is 20.2. The van der Waals surface area contributed by atoms with Crippen LogP contribution in [0.2, 0.25) is 0 Å². The molecule has 0 fully saturated rings. The highest BCUT2D eigenvalue weighted by atomic mass is 32.2. The highest BCUT2D eigenvalue weighted by Crippen LogP contribution is 2.47. The van der Waals surface area contributed by atoms with Gasteiger partial charge in [-0.3, -0.25) is 9.59 Å². The summed E-state index contributed by atoms with van der Waals surface area (Å²) < 4.78 is 5.63. The summed E-state index contributed by atoms with van der Waals surface area (Å²) in [5.41, 5.74) is 3.42. The number of carbonyl (C=O) groups is 2. The van der Waals surface area contributed by atoms with Crippen LogP contribution in [0.3, 0.4) is 0 Å². The summed E-state index contributed by atoms with van der Waals surface area (Å²) in [6.45, 7) is 6.11. The Bertz CT molecular complexity index is 1130. The van der Waals surface area contributed by atoms with Crippen molar-refractivity contribution in [2.45, 2.75) is 39.5 Å². The van der Waals surface area contributed by atoms with Gasteiger partial charge in [0.15, 0.2) is 11.6 Å². The van der Waals surface area contributed by atoms with Crippen LogP contribution in [-0.4, -0.2) is 17.3 Å². The van der Waals surface area contributed by atoms with Gasteiger partial charge in [0.05, 0.1) is 34.6 Å². The number of allylic oxidation sites excluding steroid dienone is 3. The maximum atomic E-state index is 13.1. The van der Waals surface area contributed by atoms with Crippen molar-refractivity contribution >= 4 is 23.3 Å². The molecule has 1 aliphatic carbocycles. The van der Waals surface area contributed by atoms with Crippen LogP contribution in [0.1, 0.15) is 54.3 Å².